The molecule has 0 aliphatic heterocycles. The van der Waals surface area contributed by atoms with Gasteiger partial charge in [-0.25, -0.2) is 4.68 Å². The van der Waals surface area contributed by atoms with Crippen LogP contribution in [0, 0.1) is 20.8 Å². The van der Waals surface area contributed by atoms with E-state index in [1.807, 2.05) is 56.3 Å². The van der Waals surface area contributed by atoms with Gasteiger partial charge in [-0.1, -0.05) is 35.5 Å². The number of nitrogens with one attached hydrogen (secondary N) is 1. The molecule has 8 nitrogen and oxygen atoms in total. The molecule has 0 bridgehead atoms. The van der Waals surface area contributed by atoms with Gasteiger partial charge in [0.15, 0.2) is 0 Å². The molecule has 4 rings (SSSR count). The quantitative estimate of drug-likeness (QED) is 0.513. The molecule has 0 spiro atoms. The standard InChI is InChI=1S/C23H23N5O3/c1-14-9-10-17(22-25-16(3)31-27-22)11-20(14)28-13-19(15(2)26-28)23(29)24-12-18-7-5-6-8-21(18)30-4/h5-11,13H,12H2,1-4H3,(H,24,29). The summed E-state index contributed by atoms with van der Waals surface area (Å²) in [6.07, 6.45) is 1.74. The van der Waals surface area contributed by atoms with Gasteiger partial charge in [-0.3, -0.25) is 4.79 Å². The minimum atomic E-state index is -0.197. The van der Waals surface area contributed by atoms with E-state index in [0.29, 0.717) is 29.5 Å². The Balaban J connectivity index is 1.58. The minimum absolute atomic E-state index is 0.197. The summed E-state index contributed by atoms with van der Waals surface area (Å²) in [5.74, 6) is 1.55. The molecule has 1 amide bonds. The van der Waals surface area contributed by atoms with Gasteiger partial charge < -0.3 is 14.6 Å². The fraction of sp³-hybridized carbons (Fsp3) is 0.217. The topological polar surface area (TPSA) is 95.1 Å². The molecule has 2 aromatic carbocycles. The Hall–Kier alpha value is -3.94. The highest BCUT2D eigenvalue weighted by Crippen LogP contribution is 2.23. The van der Waals surface area contributed by atoms with Gasteiger partial charge in [-0.2, -0.15) is 10.1 Å². The Kier molecular flexibility index (Phi) is 5.53. The van der Waals surface area contributed by atoms with E-state index in [1.54, 1.807) is 24.9 Å². The molecule has 1 N–H and O–H groups in total. The van der Waals surface area contributed by atoms with Crippen LogP contribution < -0.4 is 10.1 Å². The van der Waals surface area contributed by atoms with Crippen LogP contribution in [-0.4, -0.2) is 32.9 Å². The largest absolute Gasteiger partial charge is 0.496 e. The molecule has 0 fully saturated rings. The summed E-state index contributed by atoms with van der Waals surface area (Å²) in [4.78, 5) is 17.1. The van der Waals surface area contributed by atoms with Crippen LogP contribution in [0.1, 0.15) is 33.1 Å². The molecule has 2 aromatic heterocycles. The number of hydrogen-bond donors (Lipinski definition) is 1. The van der Waals surface area contributed by atoms with Crippen LogP contribution in [0.4, 0.5) is 0 Å². The van der Waals surface area contributed by atoms with Crippen molar-refractivity contribution in [3.05, 3.63) is 76.9 Å². The Morgan fingerprint density at radius 3 is 2.71 bits per heavy atom. The summed E-state index contributed by atoms with van der Waals surface area (Å²) < 4.78 is 12.1. The van der Waals surface area contributed by atoms with Gasteiger partial charge in [0, 0.05) is 30.8 Å². The van der Waals surface area contributed by atoms with Crippen LogP contribution in [0.2, 0.25) is 0 Å². The Labute approximate surface area is 179 Å². The summed E-state index contributed by atoms with van der Waals surface area (Å²) in [5.41, 5.74) is 4.71. The van der Waals surface area contributed by atoms with E-state index in [-0.39, 0.29) is 5.91 Å². The Morgan fingerprint density at radius 2 is 1.97 bits per heavy atom. The molecule has 0 atom stereocenters. The van der Waals surface area contributed by atoms with E-state index >= 15 is 0 Å². The van der Waals surface area contributed by atoms with E-state index in [0.717, 1.165) is 28.1 Å². The zero-order valence-corrected chi connectivity index (χ0v) is 17.8. The third kappa shape index (κ3) is 4.18. The summed E-state index contributed by atoms with van der Waals surface area (Å²) in [7, 11) is 1.61. The predicted molar refractivity (Wildman–Crippen MR) is 115 cm³/mol. The van der Waals surface area contributed by atoms with Crippen LogP contribution in [-0.2, 0) is 6.54 Å². The molecule has 4 aromatic rings. The molecule has 0 saturated carbocycles. The first-order valence-electron chi connectivity index (χ1n) is 9.84. The van der Waals surface area contributed by atoms with Crippen LogP contribution >= 0.6 is 0 Å². The molecule has 8 heteroatoms. The van der Waals surface area contributed by atoms with Gasteiger partial charge in [0.25, 0.3) is 5.91 Å². The number of methoxy groups -OCH3 is 1. The molecular weight excluding hydrogens is 394 g/mol. The predicted octanol–water partition coefficient (Wildman–Crippen LogP) is 3.79. The van der Waals surface area contributed by atoms with Crippen LogP contribution in [0.5, 0.6) is 5.75 Å². The normalized spacial score (nSPS) is 10.8. The average Bonchev–Trinajstić information content (AvgIpc) is 3.38. The van der Waals surface area contributed by atoms with E-state index < -0.39 is 0 Å². The maximum absolute atomic E-state index is 12.8. The lowest BCUT2D eigenvalue weighted by Gasteiger charge is -2.09. The number of hydrogen-bond acceptors (Lipinski definition) is 6. The number of ether oxygens (including phenoxy) is 1. The first kappa shape index (κ1) is 20.3. The number of benzene rings is 2. The number of para-hydroxylation sites is 1. The van der Waals surface area contributed by atoms with Gasteiger partial charge >= 0.3 is 0 Å². The zero-order valence-electron chi connectivity index (χ0n) is 17.8. The lowest BCUT2D eigenvalue weighted by Crippen LogP contribution is -2.23. The third-order valence-corrected chi connectivity index (χ3v) is 5.02. The molecule has 2 heterocycles. The zero-order chi connectivity index (χ0) is 22.0. The number of aromatic nitrogens is 4. The van der Waals surface area contributed by atoms with Gasteiger partial charge in [0.05, 0.1) is 24.1 Å². The van der Waals surface area contributed by atoms with Gasteiger partial charge in [-0.15, -0.1) is 0 Å². The average molecular weight is 417 g/mol. The second-order valence-corrected chi connectivity index (χ2v) is 7.21. The van der Waals surface area contributed by atoms with E-state index in [1.165, 1.54) is 0 Å². The van der Waals surface area contributed by atoms with E-state index in [9.17, 15) is 4.79 Å². The summed E-state index contributed by atoms with van der Waals surface area (Å²) in [6, 6.07) is 13.4. The van der Waals surface area contributed by atoms with E-state index in [2.05, 4.69) is 20.6 Å². The third-order valence-electron chi connectivity index (χ3n) is 5.02. The number of carbonyl (C=O) groups excluding carboxylic acids is 1. The highest BCUT2D eigenvalue weighted by atomic mass is 16.5. The van der Waals surface area contributed by atoms with Crippen molar-refractivity contribution >= 4 is 5.91 Å². The number of amides is 1. The summed E-state index contributed by atoms with van der Waals surface area (Å²) >= 11 is 0. The SMILES string of the molecule is COc1ccccc1CNC(=O)c1cn(-c2cc(-c3noc(C)n3)ccc2C)nc1C. The van der Waals surface area contributed by atoms with Crippen LogP contribution in [0.25, 0.3) is 17.1 Å². The van der Waals surface area contributed by atoms with Gasteiger partial charge in [0.2, 0.25) is 11.7 Å². The molecule has 0 aliphatic carbocycles. The molecule has 0 radical (unpaired) electrons. The number of aryl methyl sites for hydroxylation is 3. The van der Waals surface area contributed by atoms with Crippen molar-refractivity contribution in [2.45, 2.75) is 27.3 Å². The van der Waals surface area contributed by atoms with Crippen LogP contribution in [0.3, 0.4) is 0 Å². The first-order valence-corrected chi connectivity index (χ1v) is 9.84. The maximum atomic E-state index is 12.8. The second-order valence-electron chi connectivity index (χ2n) is 7.21. The second kappa shape index (κ2) is 8.43. The number of rotatable bonds is 6. The summed E-state index contributed by atoms with van der Waals surface area (Å²) in [6.45, 7) is 5.91. The van der Waals surface area contributed by atoms with Crippen molar-refractivity contribution in [2.24, 2.45) is 0 Å². The molecule has 0 aliphatic rings. The molecule has 31 heavy (non-hydrogen) atoms. The Morgan fingerprint density at radius 1 is 1.16 bits per heavy atom. The molecule has 0 saturated heterocycles. The van der Waals surface area contributed by atoms with Crippen molar-refractivity contribution in [1.82, 2.24) is 25.2 Å². The lowest BCUT2D eigenvalue weighted by atomic mass is 10.1. The smallest absolute Gasteiger partial charge is 0.255 e. The van der Waals surface area contributed by atoms with Crippen molar-refractivity contribution in [2.75, 3.05) is 7.11 Å². The fourth-order valence-corrected chi connectivity index (χ4v) is 3.34. The fourth-order valence-electron chi connectivity index (χ4n) is 3.34. The minimum Gasteiger partial charge on any atom is -0.496 e. The van der Waals surface area contributed by atoms with Gasteiger partial charge in [-0.05, 0) is 31.5 Å². The molecular formula is C23H23N5O3. The van der Waals surface area contributed by atoms with Crippen molar-refractivity contribution in [1.29, 1.82) is 0 Å². The number of nitrogens with zero attached hydrogens (tertiary/aromatic N) is 4. The highest BCUT2D eigenvalue weighted by Gasteiger charge is 2.16. The highest BCUT2D eigenvalue weighted by molar-refractivity contribution is 5.95. The van der Waals surface area contributed by atoms with Crippen molar-refractivity contribution < 1.29 is 14.1 Å². The van der Waals surface area contributed by atoms with Crippen molar-refractivity contribution in [3.63, 3.8) is 0 Å². The summed E-state index contributed by atoms with van der Waals surface area (Å²) in [5, 5.41) is 11.5. The number of carbonyl (C=O) groups is 1. The van der Waals surface area contributed by atoms with E-state index in [4.69, 9.17) is 9.26 Å². The van der Waals surface area contributed by atoms with Crippen molar-refractivity contribution in [3.8, 4) is 22.8 Å². The van der Waals surface area contributed by atoms with Gasteiger partial charge in [0.1, 0.15) is 5.75 Å². The molecule has 0 unspecified atom stereocenters. The van der Waals surface area contributed by atoms with Crippen LogP contribution in [0.15, 0.2) is 53.2 Å². The maximum Gasteiger partial charge on any atom is 0.255 e. The molecule has 158 valence electrons. The first-order chi connectivity index (χ1) is 15.0. The lowest BCUT2D eigenvalue weighted by molar-refractivity contribution is 0.0950. The Bertz CT molecular complexity index is 1240. The monoisotopic (exact) mass is 417 g/mol.